The van der Waals surface area contributed by atoms with E-state index in [-0.39, 0.29) is 0 Å². The normalized spacial score (nSPS) is 22.1. The number of rotatable bonds is 3. The maximum absolute atomic E-state index is 3.42. The summed E-state index contributed by atoms with van der Waals surface area (Å²) in [5, 5.41) is 3.42. The van der Waals surface area contributed by atoms with Crippen molar-refractivity contribution in [3.8, 4) is 11.8 Å². The van der Waals surface area contributed by atoms with Gasteiger partial charge in [-0.3, -0.25) is 0 Å². The standard InChI is InChI=1S/C12H21N/c1-4-5-8-11(13-3)12(2)9-6-7-10-12/h11,13H,6-10H2,1-3H3. The summed E-state index contributed by atoms with van der Waals surface area (Å²) in [4.78, 5) is 0. The van der Waals surface area contributed by atoms with Crippen LogP contribution in [0.5, 0.6) is 0 Å². The van der Waals surface area contributed by atoms with Gasteiger partial charge in [0, 0.05) is 12.5 Å². The largest absolute Gasteiger partial charge is 0.316 e. The summed E-state index contributed by atoms with van der Waals surface area (Å²) < 4.78 is 0. The van der Waals surface area contributed by atoms with Crippen molar-refractivity contribution in [1.29, 1.82) is 0 Å². The van der Waals surface area contributed by atoms with Crippen molar-refractivity contribution in [2.45, 2.75) is 52.0 Å². The molecule has 0 aromatic carbocycles. The first kappa shape index (κ1) is 10.6. The molecule has 0 spiro atoms. The van der Waals surface area contributed by atoms with Crippen LogP contribution in [0, 0.1) is 17.3 Å². The van der Waals surface area contributed by atoms with Crippen LogP contribution in [0.15, 0.2) is 0 Å². The Hall–Kier alpha value is -0.480. The third-order valence-corrected chi connectivity index (χ3v) is 3.42. The van der Waals surface area contributed by atoms with E-state index in [0.29, 0.717) is 11.5 Å². The van der Waals surface area contributed by atoms with Crippen LogP contribution in [-0.4, -0.2) is 13.1 Å². The molecule has 1 unspecified atom stereocenters. The molecule has 1 nitrogen and oxygen atoms in total. The van der Waals surface area contributed by atoms with Gasteiger partial charge in [-0.05, 0) is 32.2 Å². The Bertz CT molecular complexity index is 203. The fourth-order valence-corrected chi connectivity index (χ4v) is 2.43. The Morgan fingerprint density at radius 1 is 1.38 bits per heavy atom. The van der Waals surface area contributed by atoms with Crippen LogP contribution in [0.1, 0.15) is 46.0 Å². The Morgan fingerprint density at radius 3 is 2.46 bits per heavy atom. The van der Waals surface area contributed by atoms with E-state index in [1.54, 1.807) is 0 Å². The molecule has 1 heteroatoms. The highest BCUT2D eigenvalue weighted by atomic mass is 14.9. The number of nitrogens with one attached hydrogen (secondary N) is 1. The van der Waals surface area contributed by atoms with Crippen LogP contribution in [0.3, 0.4) is 0 Å². The second-order valence-electron chi connectivity index (χ2n) is 4.33. The minimum Gasteiger partial charge on any atom is -0.316 e. The van der Waals surface area contributed by atoms with Gasteiger partial charge in [-0.2, -0.15) is 0 Å². The highest BCUT2D eigenvalue weighted by Crippen LogP contribution is 2.41. The lowest BCUT2D eigenvalue weighted by molar-refractivity contribution is 0.234. The molecule has 1 fully saturated rings. The monoisotopic (exact) mass is 179 g/mol. The molecule has 0 aromatic rings. The van der Waals surface area contributed by atoms with Crippen molar-refractivity contribution in [1.82, 2.24) is 5.32 Å². The molecule has 0 amide bonds. The third kappa shape index (κ3) is 2.48. The predicted molar refractivity (Wildman–Crippen MR) is 57.5 cm³/mol. The zero-order chi connectivity index (χ0) is 9.73. The first-order valence-corrected chi connectivity index (χ1v) is 5.30. The molecule has 0 aliphatic heterocycles. The van der Waals surface area contributed by atoms with Crippen LogP contribution >= 0.6 is 0 Å². The first-order chi connectivity index (χ1) is 6.23. The van der Waals surface area contributed by atoms with Gasteiger partial charge < -0.3 is 5.32 Å². The second-order valence-corrected chi connectivity index (χ2v) is 4.33. The van der Waals surface area contributed by atoms with E-state index in [1.165, 1.54) is 25.7 Å². The SMILES string of the molecule is CC#CCC(NC)C1(C)CCCC1. The van der Waals surface area contributed by atoms with Gasteiger partial charge in [0.05, 0.1) is 0 Å². The van der Waals surface area contributed by atoms with Crippen LogP contribution in [0.2, 0.25) is 0 Å². The van der Waals surface area contributed by atoms with Gasteiger partial charge in [0.1, 0.15) is 0 Å². The van der Waals surface area contributed by atoms with Crippen molar-refractivity contribution in [2.24, 2.45) is 5.41 Å². The average Bonchev–Trinajstić information content (AvgIpc) is 2.54. The quantitative estimate of drug-likeness (QED) is 0.657. The molecule has 0 aromatic heterocycles. The van der Waals surface area contributed by atoms with E-state index in [9.17, 15) is 0 Å². The molecule has 0 saturated heterocycles. The van der Waals surface area contributed by atoms with E-state index in [1.807, 2.05) is 6.92 Å². The summed E-state index contributed by atoms with van der Waals surface area (Å²) in [5.41, 5.74) is 0.499. The van der Waals surface area contributed by atoms with Gasteiger partial charge in [-0.15, -0.1) is 11.8 Å². The molecule has 1 atom stereocenters. The molecule has 1 aliphatic rings. The number of hydrogen-bond acceptors (Lipinski definition) is 1. The second kappa shape index (κ2) is 4.67. The highest BCUT2D eigenvalue weighted by molar-refractivity contribution is 5.02. The molecule has 1 rings (SSSR count). The van der Waals surface area contributed by atoms with E-state index in [2.05, 4.69) is 31.1 Å². The lowest BCUT2D eigenvalue weighted by atomic mass is 9.79. The zero-order valence-corrected chi connectivity index (χ0v) is 9.11. The van der Waals surface area contributed by atoms with Gasteiger partial charge in [-0.1, -0.05) is 19.8 Å². The topological polar surface area (TPSA) is 12.0 Å². The highest BCUT2D eigenvalue weighted by Gasteiger charge is 2.35. The van der Waals surface area contributed by atoms with Gasteiger partial charge in [0.15, 0.2) is 0 Å². The zero-order valence-electron chi connectivity index (χ0n) is 9.11. The van der Waals surface area contributed by atoms with Crippen LogP contribution in [0.25, 0.3) is 0 Å². The molecule has 13 heavy (non-hydrogen) atoms. The minimum atomic E-state index is 0.499. The molecular weight excluding hydrogens is 158 g/mol. The smallest absolute Gasteiger partial charge is 0.0248 e. The Balaban J connectivity index is 2.56. The van der Waals surface area contributed by atoms with Crippen molar-refractivity contribution in [2.75, 3.05) is 7.05 Å². The van der Waals surface area contributed by atoms with E-state index in [0.717, 1.165) is 6.42 Å². The van der Waals surface area contributed by atoms with Gasteiger partial charge in [0.2, 0.25) is 0 Å². The van der Waals surface area contributed by atoms with E-state index in [4.69, 9.17) is 0 Å². The molecule has 74 valence electrons. The summed E-state index contributed by atoms with van der Waals surface area (Å²) in [5.74, 6) is 6.17. The van der Waals surface area contributed by atoms with Crippen LogP contribution < -0.4 is 5.32 Å². The maximum atomic E-state index is 3.42. The summed E-state index contributed by atoms with van der Waals surface area (Å²) in [6.45, 7) is 4.32. The molecule has 0 radical (unpaired) electrons. The average molecular weight is 179 g/mol. The van der Waals surface area contributed by atoms with Gasteiger partial charge in [-0.25, -0.2) is 0 Å². The third-order valence-electron chi connectivity index (χ3n) is 3.42. The summed E-state index contributed by atoms with van der Waals surface area (Å²) in [7, 11) is 2.06. The Morgan fingerprint density at radius 2 is 2.00 bits per heavy atom. The molecule has 1 aliphatic carbocycles. The van der Waals surface area contributed by atoms with Gasteiger partial charge >= 0.3 is 0 Å². The van der Waals surface area contributed by atoms with Crippen LogP contribution in [0.4, 0.5) is 0 Å². The minimum absolute atomic E-state index is 0.499. The van der Waals surface area contributed by atoms with Crippen molar-refractivity contribution in [3.05, 3.63) is 0 Å². The fraction of sp³-hybridized carbons (Fsp3) is 0.833. The molecule has 0 bridgehead atoms. The predicted octanol–water partition coefficient (Wildman–Crippen LogP) is 2.57. The summed E-state index contributed by atoms with van der Waals surface area (Å²) in [6.07, 6.45) is 6.53. The van der Waals surface area contributed by atoms with E-state index < -0.39 is 0 Å². The van der Waals surface area contributed by atoms with Crippen LogP contribution in [-0.2, 0) is 0 Å². The summed E-state index contributed by atoms with van der Waals surface area (Å²) >= 11 is 0. The van der Waals surface area contributed by atoms with Crippen molar-refractivity contribution >= 4 is 0 Å². The molecule has 1 N–H and O–H groups in total. The molecular formula is C12H21N. The van der Waals surface area contributed by atoms with Gasteiger partial charge in [0.25, 0.3) is 0 Å². The van der Waals surface area contributed by atoms with Crippen molar-refractivity contribution in [3.63, 3.8) is 0 Å². The molecule has 1 saturated carbocycles. The van der Waals surface area contributed by atoms with Crippen molar-refractivity contribution < 1.29 is 0 Å². The first-order valence-electron chi connectivity index (χ1n) is 5.30. The van der Waals surface area contributed by atoms with E-state index >= 15 is 0 Å². The lowest BCUT2D eigenvalue weighted by Crippen LogP contribution is -2.39. The lowest BCUT2D eigenvalue weighted by Gasteiger charge is -2.32. The molecule has 0 heterocycles. The Kier molecular flexibility index (Phi) is 3.81. The Labute approximate surface area is 82.3 Å². The maximum Gasteiger partial charge on any atom is 0.0248 e. The number of hydrogen-bond donors (Lipinski definition) is 1. The fourth-order valence-electron chi connectivity index (χ4n) is 2.43. The summed E-state index contributed by atoms with van der Waals surface area (Å²) in [6, 6.07) is 0.586.